The molecule has 4 N–H and O–H groups in total. The van der Waals surface area contributed by atoms with Crippen LogP contribution in [0.5, 0.6) is 5.88 Å². The Hall–Kier alpha value is -1.05. The summed E-state index contributed by atoms with van der Waals surface area (Å²) in [5.74, 6) is 1.56. The number of hydrogen-bond donors (Lipinski definition) is 4. The second-order valence-electron chi connectivity index (χ2n) is 13.7. The summed E-state index contributed by atoms with van der Waals surface area (Å²) < 4.78 is 51.2. The maximum Gasteiger partial charge on any atom is 0.394 e. The molecule has 232 valence electrons. The Morgan fingerprint density at radius 2 is 1.95 bits per heavy atom. The van der Waals surface area contributed by atoms with Crippen LogP contribution in [0.15, 0.2) is 12.3 Å². The van der Waals surface area contributed by atoms with E-state index in [4.69, 9.17) is 4.74 Å². The van der Waals surface area contributed by atoms with Crippen LogP contribution in [0.2, 0.25) is 0 Å². The monoisotopic (exact) mass is 599 g/mol. The maximum atomic E-state index is 13.3. The van der Waals surface area contributed by atoms with Crippen molar-refractivity contribution in [2.24, 2.45) is 17.3 Å². The molecule has 6 fully saturated rings. The van der Waals surface area contributed by atoms with Crippen LogP contribution in [0, 0.1) is 17.3 Å². The molecule has 7 unspecified atom stereocenters. The zero-order valence-corrected chi connectivity index (χ0v) is 25.3. The Morgan fingerprint density at radius 1 is 1.10 bits per heavy atom. The van der Waals surface area contributed by atoms with Gasteiger partial charge in [0.1, 0.15) is 6.17 Å². The summed E-state index contributed by atoms with van der Waals surface area (Å²) in [4.78, 5) is 2.71. The minimum atomic E-state index is -4.15. The predicted octanol–water partition coefficient (Wildman–Crippen LogP) is 4.62. The molecule has 12 heteroatoms. The first-order valence-electron chi connectivity index (χ1n) is 15.7. The molecule has 7 atom stereocenters. The molecule has 7 rings (SSSR count). The molecular weight excluding hydrogens is 551 g/mol. The van der Waals surface area contributed by atoms with E-state index >= 15 is 0 Å². The zero-order chi connectivity index (χ0) is 28.7. The third kappa shape index (κ3) is 6.87. The summed E-state index contributed by atoms with van der Waals surface area (Å²) in [5, 5.41) is 16.6. The fraction of sp³-hybridized carbons (Fsp3) is 0.897. The number of aromatic nitrogens is 2. The smallest absolute Gasteiger partial charge is 0.394 e. The first-order chi connectivity index (χ1) is 19.6. The summed E-state index contributed by atoms with van der Waals surface area (Å²) >= 11 is 1.89. The first kappa shape index (κ1) is 30.0. The van der Waals surface area contributed by atoms with Crippen LogP contribution in [0.1, 0.15) is 84.2 Å². The number of piperidine rings is 2. The molecule has 0 amide bonds. The van der Waals surface area contributed by atoms with Crippen LogP contribution >= 0.6 is 11.9 Å². The molecule has 8 nitrogen and oxygen atoms in total. The van der Waals surface area contributed by atoms with E-state index in [1.165, 1.54) is 32.1 Å². The second-order valence-corrected chi connectivity index (χ2v) is 14.9. The van der Waals surface area contributed by atoms with E-state index in [2.05, 4.69) is 44.5 Å². The van der Waals surface area contributed by atoms with Gasteiger partial charge in [-0.3, -0.25) is 19.6 Å². The summed E-state index contributed by atoms with van der Waals surface area (Å²) in [6.07, 6.45) is 6.93. The topological polar surface area (TPSA) is 78.4 Å². The van der Waals surface area contributed by atoms with Crippen molar-refractivity contribution in [3.05, 3.63) is 12.3 Å². The van der Waals surface area contributed by atoms with Gasteiger partial charge in [-0.1, -0.05) is 11.9 Å². The molecule has 0 radical (unpaired) electrons. The molecule has 41 heavy (non-hydrogen) atoms. The quantitative estimate of drug-likeness (QED) is 0.366. The first-order valence-corrected chi connectivity index (χ1v) is 16.6. The van der Waals surface area contributed by atoms with Gasteiger partial charge >= 0.3 is 6.18 Å². The lowest BCUT2D eigenvalue weighted by atomic mass is 9.90. The Kier molecular flexibility index (Phi) is 8.89. The van der Waals surface area contributed by atoms with Crippen LogP contribution < -0.4 is 25.4 Å². The molecule has 0 spiro atoms. The van der Waals surface area contributed by atoms with Gasteiger partial charge in [0.05, 0.1) is 24.4 Å². The number of alkyl halides is 3. The van der Waals surface area contributed by atoms with Crippen LogP contribution in [0.25, 0.3) is 0 Å². The van der Waals surface area contributed by atoms with E-state index in [1.807, 2.05) is 22.8 Å². The molecule has 1 saturated carbocycles. The lowest BCUT2D eigenvalue weighted by Crippen LogP contribution is -2.60. The van der Waals surface area contributed by atoms with Crippen LogP contribution in [0.4, 0.5) is 13.2 Å². The van der Waals surface area contributed by atoms with Gasteiger partial charge in [-0.05, 0) is 90.5 Å². The average molecular weight is 600 g/mol. The molecule has 4 bridgehead atoms. The zero-order valence-electron chi connectivity index (χ0n) is 24.5. The highest BCUT2D eigenvalue weighted by Gasteiger charge is 2.62. The SMILES string of the molecule is CC1(C)CC2CCCNC3CCC(CN3)SNCC3CCC(n4ccc(OCCC5(C(F)(F)F)CC5)n4)NC3N1C2. The molecule has 1 aromatic heterocycles. The van der Waals surface area contributed by atoms with Crippen LogP contribution in [-0.4, -0.2) is 76.8 Å². The Morgan fingerprint density at radius 3 is 2.71 bits per heavy atom. The second kappa shape index (κ2) is 12.1. The molecule has 0 aromatic carbocycles. The lowest BCUT2D eigenvalue weighted by molar-refractivity contribution is -0.190. The molecule has 6 aliphatic rings. The van der Waals surface area contributed by atoms with Crippen molar-refractivity contribution >= 4 is 11.9 Å². The van der Waals surface area contributed by atoms with Gasteiger partial charge in [0.15, 0.2) is 0 Å². The van der Waals surface area contributed by atoms with Gasteiger partial charge in [0.25, 0.3) is 0 Å². The average Bonchev–Trinajstić information content (AvgIpc) is 3.48. The fourth-order valence-electron chi connectivity index (χ4n) is 7.60. The van der Waals surface area contributed by atoms with Crippen LogP contribution in [-0.2, 0) is 0 Å². The van der Waals surface area contributed by atoms with E-state index < -0.39 is 11.6 Å². The van der Waals surface area contributed by atoms with Crippen molar-refractivity contribution in [2.45, 2.75) is 114 Å². The largest absolute Gasteiger partial charge is 0.477 e. The van der Waals surface area contributed by atoms with Crippen molar-refractivity contribution in [3.63, 3.8) is 0 Å². The van der Waals surface area contributed by atoms with Gasteiger partial charge in [0, 0.05) is 48.6 Å². The van der Waals surface area contributed by atoms with E-state index in [1.54, 1.807) is 6.07 Å². The van der Waals surface area contributed by atoms with Gasteiger partial charge in [-0.25, -0.2) is 0 Å². The van der Waals surface area contributed by atoms with Gasteiger partial charge in [0.2, 0.25) is 5.88 Å². The van der Waals surface area contributed by atoms with E-state index in [9.17, 15) is 13.2 Å². The van der Waals surface area contributed by atoms with E-state index in [-0.39, 0.29) is 43.7 Å². The number of hydrogen-bond acceptors (Lipinski definition) is 8. The number of ether oxygens (including phenoxy) is 1. The summed E-state index contributed by atoms with van der Waals surface area (Å²) in [7, 11) is 0. The standard InChI is InChI=1S/C29H48F3N7OS/c1-27(2)16-20-4-3-13-33-23-7-6-22(18-34-23)41-35-17-21-5-8-24(36-26(21)38(27)19-20)39-14-9-25(37-39)40-15-12-28(10-11-28)29(30,31)32/h9,14,20-24,26,33-36H,3-8,10-13,15-19H2,1-2H3. The Labute approximate surface area is 246 Å². The third-order valence-electron chi connectivity index (χ3n) is 10.3. The van der Waals surface area contributed by atoms with Crippen molar-refractivity contribution in [1.29, 1.82) is 0 Å². The predicted molar refractivity (Wildman–Crippen MR) is 155 cm³/mol. The number of fused-ring (bicyclic) bond motifs is 7. The molecule has 1 aliphatic carbocycles. The van der Waals surface area contributed by atoms with Gasteiger partial charge < -0.3 is 15.4 Å². The number of nitrogens with zero attached hydrogens (tertiary/aromatic N) is 3. The highest BCUT2D eigenvalue weighted by molar-refractivity contribution is 7.98. The fourth-order valence-corrected chi connectivity index (χ4v) is 8.58. The molecule has 1 aromatic rings. The maximum absolute atomic E-state index is 13.3. The number of nitrogens with one attached hydrogen (secondary N) is 4. The van der Waals surface area contributed by atoms with Crippen molar-refractivity contribution < 1.29 is 17.9 Å². The minimum Gasteiger partial charge on any atom is -0.477 e. The summed E-state index contributed by atoms with van der Waals surface area (Å²) in [6, 6.07) is 1.78. The highest BCUT2D eigenvalue weighted by atomic mass is 32.2. The third-order valence-corrected chi connectivity index (χ3v) is 11.4. The lowest BCUT2D eigenvalue weighted by Gasteiger charge is -2.47. The van der Waals surface area contributed by atoms with E-state index in [0.29, 0.717) is 29.1 Å². The van der Waals surface area contributed by atoms with E-state index in [0.717, 1.165) is 39.0 Å². The highest BCUT2D eigenvalue weighted by Crippen LogP contribution is 2.59. The summed E-state index contributed by atoms with van der Waals surface area (Å²) in [5.41, 5.74) is -1.44. The summed E-state index contributed by atoms with van der Waals surface area (Å²) in [6.45, 7) is 8.98. The normalized spacial score (nSPS) is 37.4. The molecule has 5 aliphatic heterocycles. The minimum absolute atomic E-state index is 0.00141. The molecule has 6 heterocycles. The van der Waals surface area contributed by atoms with Crippen molar-refractivity contribution in [1.82, 2.24) is 35.4 Å². The van der Waals surface area contributed by atoms with Crippen LogP contribution in [0.3, 0.4) is 0 Å². The van der Waals surface area contributed by atoms with Gasteiger partial charge in [-0.15, -0.1) is 5.10 Å². The number of rotatable bonds is 5. The number of halogens is 3. The Balaban J connectivity index is 1.11. The molecule has 5 saturated heterocycles. The molecular formula is C29H48F3N7OS. The Bertz CT molecular complexity index is 1010. The van der Waals surface area contributed by atoms with Crippen molar-refractivity contribution in [3.8, 4) is 5.88 Å². The van der Waals surface area contributed by atoms with Crippen molar-refractivity contribution in [2.75, 3.05) is 32.8 Å². The van der Waals surface area contributed by atoms with Gasteiger partial charge in [-0.2, -0.15) is 13.2 Å².